The molecule has 0 saturated heterocycles. The summed E-state index contributed by atoms with van der Waals surface area (Å²) in [6, 6.07) is 6.23. The number of carbonyl (C=O) groups excluding carboxylic acids is 1. The molecule has 0 N–H and O–H groups in total. The molecule has 0 saturated carbocycles. The average Bonchev–Trinajstić information content (AvgIpc) is 2.09. The molecule has 1 nitrogen and oxygen atoms in total. The maximum Gasteiger partial charge on any atom is 0.306 e. The minimum absolute atomic E-state index is 0.254. The second-order valence-electron chi connectivity index (χ2n) is 2.65. The molecule has 0 aliphatic heterocycles. The van der Waals surface area contributed by atoms with Crippen LogP contribution in [0.25, 0.3) is 0 Å². The molecule has 0 bridgehead atoms. The van der Waals surface area contributed by atoms with E-state index < -0.39 is 12.3 Å². The topological polar surface area (TPSA) is 17.1 Å². The summed E-state index contributed by atoms with van der Waals surface area (Å²) in [5.74, 6) is -3.33. The van der Waals surface area contributed by atoms with Crippen LogP contribution in [0.4, 0.5) is 8.78 Å². The standard InChI is InChI=1S/C9H7ClF2O/c10-8-4-2-1-3-7(8)5-9(11,12)6-13/h1-4,6H,5H2. The highest BCUT2D eigenvalue weighted by Gasteiger charge is 2.28. The van der Waals surface area contributed by atoms with Gasteiger partial charge in [0.2, 0.25) is 0 Å². The van der Waals surface area contributed by atoms with Gasteiger partial charge in [-0.25, -0.2) is 0 Å². The van der Waals surface area contributed by atoms with Crippen LogP contribution in [-0.4, -0.2) is 12.2 Å². The number of carbonyl (C=O) groups is 1. The molecule has 0 spiro atoms. The molecule has 0 fully saturated rings. The second kappa shape index (κ2) is 3.83. The molecule has 0 unspecified atom stereocenters. The first-order chi connectivity index (χ1) is 6.05. The summed E-state index contributed by atoms with van der Waals surface area (Å²) >= 11 is 5.64. The number of benzene rings is 1. The van der Waals surface area contributed by atoms with Gasteiger partial charge in [0.15, 0.2) is 6.29 Å². The smallest absolute Gasteiger partial charge is 0.297 e. The van der Waals surface area contributed by atoms with Crippen molar-refractivity contribution in [2.75, 3.05) is 0 Å². The Bertz CT molecular complexity index is 312. The van der Waals surface area contributed by atoms with Gasteiger partial charge in [0, 0.05) is 11.4 Å². The Morgan fingerprint density at radius 2 is 2.00 bits per heavy atom. The molecular weight excluding hydrogens is 198 g/mol. The Balaban J connectivity index is 2.86. The summed E-state index contributed by atoms with van der Waals surface area (Å²) in [6.07, 6.45) is -1.01. The third kappa shape index (κ3) is 2.77. The van der Waals surface area contributed by atoms with Crippen LogP contribution < -0.4 is 0 Å². The van der Waals surface area contributed by atoms with Crippen LogP contribution in [0.3, 0.4) is 0 Å². The molecule has 4 heteroatoms. The molecule has 0 aliphatic rings. The number of hydrogen-bond acceptors (Lipinski definition) is 1. The number of rotatable bonds is 3. The quantitative estimate of drug-likeness (QED) is 0.692. The summed E-state index contributed by atoms with van der Waals surface area (Å²) in [6.45, 7) is 0. The number of hydrogen-bond donors (Lipinski definition) is 0. The lowest BCUT2D eigenvalue weighted by atomic mass is 10.1. The van der Waals surface area contributed by atoms with E-state index >= 15 is 0 Å². The van der Waals surface area contributed by atoms with E-state index in [1.807, 2.05) is 0 Å². The van der Waals surface area contributed by atoms with Gasteiger partial charge in [-0.15, -0.1) is 0 Å². The Kier molecular flexibility index (Phi) is 2.98. The molecular formula is C9H7ClF2O. The van der Waals surface area contributed by atoms with E-state index in [1.165, 1.54) is 12.1 Å². The molecule has 0 heterocycles. The fourth-order valence-electron chi connectivity index (χ4n) is 0.937. The van der Waals surface area contributed by atoms with Crippen LogP contribution in [0.5, 0.6) is 0 Å². The van der Waals surface area contributed by atoms with Crippen LogP contribution in [0, 0.1) is 0 Å². The normalized spacial score (nSPS) is 11.3. The second-order valence-corrected chi connectivity index (χ2v) is 3.05. The first kappa shape index (κ1) is 10.1. The van der Waals surface area contributed by atoms with Crippen molar-refractivity contribution in [1.29, 1.82) is 0 Å². The summed E-state index contributed by atoms with van der Waals surface area (Å²) < 4.78 is 25.2. The molecule has 1 rings (SSSR count). The molecule has 0 atom stereocenters. The Morgan fingerprint density at radius 3 is 2.54 bits per heavy atom. The number of aldehydes is 1. The van der Waals surface area contributed by atoms with Crippen molar-refractivity contribution in [3.05, 3.63) is 34.9 Å². The SMILES string of the molecule is O=CC(F)(F)Cc1ccccc1Cl. The van der Waals surface area contributed by atoms with E-state index in [4.69, 9.17) is 11.6 Å². The summed E-state index contributed by atoms with van der Waals surface area (Å²) in [4.78, 5) is 9.95. The maximum absolute atomic E-state index is 12.6. The van der Waals surface area contributed by atoms with E-state index in [1.54, 1.807) is 12.1 Å². The lowest BCUT2D eigenvalue weighted by Gasteiger charge is -2.09. The van der Waals surface area contributed by atoms with E-state index in [0.29, 0.717) is 0 Å². The fourth-order valence-corrected chi connectivity index (χ4v) is 1.14. The van der Waals surface area contributed by atoms with E-state index in [9.17, 15) is 13.6 Å². The zero-order valence-corrected chi connectivity index (χ0v) is 7.39. The van der Waals surface area contributed by atoms with E-state index in [0.717, 1.165) is 0 Å². The van der Waals surface area contributed by atoms with Gasteiger partial charge in [-0.05, 0) is 11.6 Å². The van der Waals surface area contributed by atoms with Crippen molar-refractivity contribution in [1.82, 2.24) is 0 Å². The van der Waals surface area contributed by atoms with Crippen molar-refractivity contribution < 1.29 is 13.6 Å². The molecule has 13 heavy (non-hydrogen) atoms. The van der Waals surface area contributed by atoms with Gasteiger partial charge in [-0.3, -0.25) is 4.79 Å². The van der Waals surface area contributed by atoms with Gasteiger partial charge in [-0.1, -0.05) is 29.8 Å². The van der Waals surface area contributed by atoms with Gasteiger partial charge in [0.05, 0.1) is 0 Å². The van der Waals surface area contributed by atoms with Crippen molar-refractivity contribution in [3.63, 3.8) is 0 Å². The van der Waals surface area contributed by atoms with Crippen LogP contribution in [-0.2, 0) is 11.2 Å². The van der Waals surface area contributed by atoms with Gasteiger partial charge >= 0.3 is 5.92 Å². The van der Waals surface area contributed by atoms with Crippen molar-refractivity contribution in [2.45, 2.75) is 12.3 Å². The van der Waals surface area contributed by atoms with E-state index in [-0.39, 0.29) is 16.9 Å². The summed E-state index contributed by atoms with van der Waals surface area (Å²) in [7, 11) is 0. The van der Waals surface area contributed by atoms with Crippen LogP contribution in [0.1, 0.15) is 5.56 Å². The lowest BCUT2D eigenvalue weighted by molar-refractivity contribution is -0.128. The Labute approximate surface area is 79.3 Å². The summed E-state index contributed by atoms with van der Waals surface area (Å²) in [5, 5.41) is 0.254. The van der Waals surface area contributed by atoms with E-state index in [2.05, 4.69) is 0 Å². The number of halogens is 3. The van der Waals surface area contributed by atoms with Gasteiger partial charge in [0.1, 0.15) is 0 Å². The molecule has 0 aromatic heterocycles. The molecule has 0 amide bonds. The minimum Gasteiger partial charge on any atom is -0.297 e. The minimum atomic E-state index is -3.33. The van der Waals surface area contributed by atoms with Crippen molar-refractivity contribution in [2.24, 2.45) is 0 Å². The van der Waals surface area contributed by atoms with Crippen LogP contribution >= 0.6 is 11.6 Å². The first-order valence-electron chi connectivity index (χ1n) is 3.63. The Morgan fingerprint density at radius 1 is 1.38 bits per heavy atom. The largest absolute Gasteiger partial charge is 0.306 e. The zero-order chi connectivity index (χ0) is 9.90. The molecule has 0 radical (unpaired) electrons. The monoisotopic (exact) mass is 204 g/mol. The zero-order valence-electron chi connectivity index (χ0n) is 6.64. The lowest BCUT2D eigenvalue weighted by Crippen LogP contribution is -2.21. The third-order valence-corrected chi connectivity index (χ3v) is 1.93. The maximum atomic E-state index is 12.6. The molecule has 0 aliphatic carbocycles. The van der Waals surface area contributed by atoms with Crippen LogP contribution in [0.15, 0.2) is 24.3 Å². The van der Waals surface area contributed by atoms with Gasteiger partial charge < -0.3 is 0 Å². The highest BCUT2D eigenvalue weighted by molar-refractivity contribution is 6.31. The molecule has 1 aromatic rings. The Hall–Kier alpha value is -0.960. The van der Waals surface area contributed by atoms with Crippen molar-refractivity contribution in [3.8, 4) is 0 Å². The highest BCUT2D eigenvalue weighted by Crippen LogP contribution is 2.23. The summed E-state index contributed by atoms with van der Waals surface area (Å²) in [5.41, 5.74) is 0.279. The molecule has 1 aromatic carbocycles. The van der Waals surface area contributed by atoms with Crippen molar-refractivity contribution >= 4 is 17.9 Å². The van der Waals surface area contributed by atoms with Gasteiger partial charge in [-0.2, -0.15) is 8.78 Å². The number of alkyl halides is 2. The average molecular weight is 205 g/mol. The third-order valence-electron chi connectivity index (χ3n) is 1.56. The predicted molar refractivity (Wildman–Crippen MR) is 46.2 cm³/mol. The molecule has 70 valence electrons. The highest BCUT2D eigenvalue weighted by atomic mass is 35.5. The van der Waals surface area contributed by atoms with Crippen LogP contribution in [0.2, 0.25) is 5.02 Å². The first-order valence-corrected chi connectivity index (χ1v) is 4.00. The predicted octanol–water partition coefficient (Wildman–Crippen LogP) is 2.72. The fraction of sp³-hybridized carbons (Fsp3) is 0.222. The van der Waals surface area contributed by atoms with Gasteiger partial charge in [0.25, 0.3) is 0 Å².